The molecule has 0 radical (unpaired) electrons. The van der Waals surface area contributed by atoms with Gasteiger partial charge in [-0.15, -0.1) is 0 Å². The number of methoxy groups -OCH3 is 1. The summed E-state index contributed by atoms with van der Waals surface area (Å²) in [6, 6.07) is 6.61. The molecule has 1 aromatic carbocycles. The first-order valence-electron chi connectivity index (χ1n) is 8.25. The maximum atomic E-state index is 11.4. The van der Waals surface area contributed by atoms with Crippen LogP contribution in [0.25, 0.3) is 5.69 Å². The summed E-state index contributed by atoms with van der Waals surface area (Å²) in [7, 11) is 1.54. The third-order valence-electron chi connectivity index (χ3n) is 4.59. The van der Waals surface area contributed by atoms with Crippen LogP contribution in [0.4, 0.5) is 5.82 Å². The summed E-state index contributed by atoms with van der Waals surface area (Å²) in [4.78, 5) is 16.9. The first kappa shape index (κ1) is 17.0. The van der Waals surface area contributed by atoms with Gasteiger partial charge in [-0.05, 0) is 52.7 Å². The van der Waals surface area contributed by atoms with Crippen LogP contribution in [0.15, 0.2) is 29.3 Å². The third-order valence-corrected chi connectivity index (χ3v) is 4.59. The summed E-state index contributed by atoms with van der Waals surface area (Å²) in [6.07, 6.45) is 4.05. The molecule has 0 saturated heterocycles. The van der Waals surface area contributed by atoms with Crippen LogP contribution in [0.2, 0.25) is 0 Å². The average Bonchev–Trinajstić information content (AvgIpc) is 2.94. The molecule has 1 aliphatic carbocycles. The number of nitrogens with zero attached hydrogens (tertiary/aromatic N) is 5. The molecular weight excluding hydrogens is 326 g/mol. The zero-order valence-electron chi connectivity index (χ0n) is 14.2. The molecule has 1 saturated carbocycles. The highest BCUT2D eigenvalue weighted by Crippen LogP contribution is 2.26. The molecule has 1 heterocycles. The molecule has 134 valence electrons. The van der Waals surface area contributed by atoms with Gasteiger partial charge in [0.25, 0.3) is 5.49 Å². The molecule has 1 aliphatic rings. The van der Waals surface area contributed by atoms with Crippen LogP contribution in [-0.2, 0) is 0 Å². The van der Waals surface area contributed by atoms with E-state index in [1.165, 1.54) is 0 Å². The Morgan fingerprint density at radius 3 is 2.60 bits per heavy atom. The largest absolute Gasteiger partial charge is 0.497 e. The van der Waals surface area contributed by atoms with Gasteiger partial charge < -0.3 is 20.1 Å². The fourth-order valence-corrected chi connectivity index (χ4v) is 3.11. The molecule has 0 amide bonds. The Hall–Kier alpha value is -2.84. The number of hydrogen-bond acceptors (Lipinski definition) is 6. The molecule has 25 heavy (non-hydrogen) atoms. The Balaban J connectivity index is 2.08. The maximum absolute atomic E-state index is 11.4. The molecular formula is C16H21N5O4. The lowest BCUT2D eigenvalue weighted by Gasteiger charge is -2.24. The molecule has 0 spiro atoms. The summed E-state index contributed by atoms with van der Waals surface area (Å²) in [6.45, 7) is 2.08. The van der Waals surface area contributed by atoms with Crippen molar-refractivity contribution in [3.63, 3.8) is 0 Å². The number of benzene rings is 1. The number of hydrogen-bond donors (Lipinski definition) is 1. The minimum atomic E-state index is -0.626. The SMILES string of the molecule is COc1ccc(-n2nc([N+](=O)[O-])c(=NC3CCCCC3C)n2O)cc1. The number of aromatic nitrogens is 3. The lowest BCUT2D eigenvalue weighted by Crippen LogP contribution is -2.28. The highest BCUT2D eigenvalue weighted by atomic mass is 16.6. The van der Waals surface area contributed by atoms with E-state index in [0.717, 1.165) is 30.5 Å². The van der Waals surface area contributed by atoms with Crippen molar-refractivity contribution in [1.29, 1.82) is 0 Å². The summed E-state index contributed by atoms with van der Waals surface area (Å²) in [5.41, 5.74) is 0.337. The van der Waals surface area contributed by atoms with E-state index >= 15 is 0 Å². The smallest absolute Gasteiger partial charge is 0.438 e. The van der Waals surface area contributed by atoms with Crippen LogP contribution in [0.3, 0.4) is 0 Å². The Morgan fingerprint density at radius 2 is 2.00 bits per heavy atom. The highest BCUT2D eigenvalue weighted by molar-refractivity contribution is 5.36. The number of ether oxygens (including phenoxy) is 1. The average molecular weight is 347 g/mol. The second kappa shape index (κ2) is 6.96. The normalized spacial score (nSPS) is 21.3. The fraction of sp³-hybridized carbons (Fsp3) is 0.500. The molecule has 2 unspecified atom stereocenters. The molecule has 1 fully saturated rings. The predicted molar refractivity (Wildman–Crippen MR) is 88.9 cm³/mol. The monoisotopic (exact) mass is 347 g/mol. The van der Waals surface area contributed by atoms with E-state index in [2.05, 4.69) is 17.0 Å². The first-order chi connectivity index (χ1) is 12.0. The first-order valence-corrected chi connectivity index (χ1v) is 8.25. The van der Waals surface area contributed by atoms with Gasteiger partial charge in [-0.2, -0.15) is 0 Å². The Bertz CT molecular complexity index is 824. The van der Waals surface area contributed by atoms with Crippen LogP contribution in [0.1, 0.15) is 32.6 Å². The topological polar surface area (TPSA) is 108 Å². The van der Waals surface area contributed by atoms with Crippen molar-refractivity contribution in [3.8, 4) is 11.4 Å². The Labute approximate surface area is 144 Å². The van der Waals surface area contributed by atoms with Crippen LogP contribution < -0.4 is 10.2 Å². The van der Waals surface area contributed by atoms with Gasteiger partial charge in [0.15, 0.2) is 0 Å². The zero-order chi connectivity index (χ0) is 18.0. The number of nitro groups is 1. The van der Waals surface area contributed by atoms with E-state index in [0.29, 0.717) is 22.2 Å². The molecule has 2 atom stereocenters. The van der Waals surface area contributed by atoms with Gasteiger partial charge in [-0.1, -0.05) is 24.6 Å². The Morgan fingerprint density at radius 1 is 1.32 bits per heavy atom. The van der Waals surface area contributed by atoms with E-state index < -0.39 is 10.7 Å². The quantitative estimate of drug-likeness (QED) is 0.519. The number of rotatable bonds is 4. The molecule has 1 aromatic heterocycles. The van der Waals surface area contributed by atoms with Crippen LogP contribution >= 0.6 is 0 Å². The summed E-state index contributed by atoms with van der Waals surface area (Å²) in [5, 5.41) is 25.7. The van der Waals surface area contributed by atoms with Gasteiger partial charge >= 0.3 is 5.82 Å². The fourth-order valence-electron chi connectivity index (χ4n) is 3.11. The molecule has 9 nitrogen and oxygen atoms in total. The second-order valence-electron chi connectivity index (χ2n) is 6.24. The van der Waals surface area contributed by atoms with E-state index in [4.69, 9.17) is 4.74 Å². The lowest BCUT2D eigenvalue weighted by molar-refractivity contribution is -0.391. The summed E-state index contributed by atoms with van der Waals surface area (Å²) in [5.74, 6) is 0.490. The van der Waals surface area contributed by atoms with Crippen molar-refractivity contribution in [2.75, 3.05) is 7.11 Å². The van der Waals surface area contributed by atoms with Gasteiger partial charge in [0, 0.05) is 0 Å². The lowest BCUT2D eigenvalue weighted by atomic mass is 9.86. The van der Waals surface area contributed by atoms with Crippen molar-refractivity contribution in [2.45, 2.75) is 38.6 Å². The van der Waals surface area contributed by atoms with E-state index in [-0.39, 0.29) is 11.5 Å². The molecule has 0 bridgehead atoms. The molecule has 9 heteroatoms. The predicted octanol–water partition coefficient (Wildman–Crippen LogP) is 2.31. The van der Waals surface area contributed by atoms with E-state index in [9.17, 15) is 15.3 Å². The van der Waals surface area contributed by atoms with E-state index in [1.807, 2.05) is 0 Å². The zero-order valence-corrected chi connectivity index (χ0v) is 14.2. The van der Waals surface area contributed by atoms with Gasteiger partial charge in [-0.25, -0.2) is 0 Å². The molecule has 1 N–H and O–H groups in total. The van der Waals surface area contributed by atoms with Crippen LogP contribution in [0, 0.1) is 16.0 Å². The van der Waals surface area contributed by atoms with E-state index in [1.54, 1.807) is 31.4 Å². The minimum Gasteiger partial charge on any atom is -0.497 e. The molecule has 2 aromatic rings. The van der Waals surface area contributed by atoms with Gasteiger partial charge in [-0.3, -0.25) is 4.99 Å². The minimum absolute atomic E-state index is 0.0561. The second-order valence-corrected chi connectivity index (χ2v) is 6.24. The molecule has 0 aliphatic heterocycles. The Kier molecular flexibility index (Phi) is 4.73. The van der Waals surface area contributed by atoms with Crippen molar-refractivity contribution >= 4 is 5.82 Å². The van der Waals surface area contributed by atoms with Crippen molar-refractivity contribution < 1.29 is 14.9 Å². The van der Waals surface area contributed by atoms with Crippen LogP contribution in [-0.4, -0.2) is 38.0 Å². The van der Waals surface area contributed by atoms with Crippen molar-refractivity contribution in [2.24, 2.45) is 10.9 Å². The maximum Gasteiger partial charge on any atom is 0.438 e. The standard InChI is InChI=1S/C16H21N5O4/c1-11-5-3-4-6-14(11)17-15-16(21(23)24)18-19(20(15)22)12-7-9-13(25-2)10-8-12/h7-11,14,22H,3-6H2,1-2H3. The summed E-state index contributed by atoms with van der Waals surface area (Å²) >= 11 is 0. The van der Waals surface area contributed by atoms with Gasteiger partial charge in [0.1, 0.15) is 11.4 Å². The van der Waals surface area contributed by atoms with Crippen molar-refractivity contribution in [3.05, 3.63) is 39.9 Å². The summed E-state index contributed by atoms with van der Waals surface area (Å²) < 4.78 is 5.09. The molecule has 3 rings (SSSR count). The van der Waals surface area contributed by atoms with Gasteiger partial charge in [0.2, 0.25) is 0 Å². The van der Waals surface area contributed by atoms with Gasteiger partial charge in [0.05, 0.1) is 18.3 Å². The third kappa shape index (κ3) is 3.35. The highest BCUT2D eigenvalue weighted by Gasteiger charge is 2.27. The van der Waals surface area contributed by atoms with Crippen molar-refractivity contribution in [1.82, 2.24) is 14.7 Å². The van der Waals surface area contributed by atoms with Crippen LogP contribution in [0.5, 0.6) is 5.75 Å².